The average molecular weight is 478 g/mol. The number of Topliss-reactive ketones (excluding diaryl/α,β-unsaturated/α-hetero) is 1. The quantitative estimate of drug-likeness (QED) is 0.407. The number of sulfonamides is 1. The number of carbonyl (C=O) groups excluding carboxylic acids is 3. The normalized spacial score (nSPS) is 17.5. The van der Waals surface area contributed by atoms with Crippen LogP contribution in [0.2, 0.25) is 0 Å². The summed E-state index contributed by atoms with van der Waals surface area (Å²) in [4.78, 5) is 41.1. The third-order valence-electron chi connectivity index (χ3n) is 4.18. The van der Waals surface area contributed by atoms with Crippen molar-refractivity contribution < 1.29 is 37.1 Å². The fourth-order valence-electron chi connectivity index (χ4n) is 2.76. The van der Waals surface area contributed by atoms with Crippen LogP contribution >= 0.6 is 15.9 Å². The molecule has 1 fully saturated rings. The summed E-state index contributed by atoms with van der Waals surface area (Å²) in [6.07, 6.45) is -0.342. The highest BCUT2D eigenvalue weighted by molar-refractivity contribution is 9.10. The molecule has 0 amide bonds. The molecule has 28 heavy (non-hydrogen) atoms. The number of nitrogens with zero attached hydrogens (tertiary/aromatic N) is 1. The van der Waals surface area contributed by atoms with E-state index in [1.807, 2.05) is 0 Å². The van der Waals surface area contributed by atoms with Crippen LogP contribution in [0.25, 0.3) is 0 Å². The van der Waals surface area contributed by atoms with E-state index >= 15 is 0 Å². The summed E-state index contributed by atoms with van der Waals surface area (Å²) in [6, 6.07) is 5.27. The summed E-state index contributed by atoms with van der Waals surface area (Å²) >= 11 is 3.24. The average Bonchev–Trinajstić information content (AvgIpc) is 3.14. The number of halogens is 1. The first-order chi connectivity index (χ1) is 13.2. The molecule has 1 aliphatic heterocycles. The van der Waals surface area contributed by atoms with Gasteiger partial charge in [-0.2, -0.15) is 0 Å². The number of carbonyl (C=O) groups is 3. The Morgan fingerprint density at radius 3 is 2.29 bits per heavy atom. The van der Waals surface area contributed by atoms with Crippen molar-refractivity contribution in [3.8, 4) is 0 Å². The van der Waals surface area contributed by atoms with Crippen LogP contribution in [0.5, 0.6) is 0 Å². The summed E-state index contributed by atoms with van der Waals surface area (Å²) in [5, 5.41) is 0. The van der Waals surface area contributed by atoms with Crippen molar-refractivity contribution in [2.75, 3.05) is 20.8 Å². The molecule has 2 rings (SSSR count). The SMILES string of the molecule is COC(=O)C(CC(=O)CC1CCON1S(=O)(=O)c1ccc(Br)cc1)C(=O)OC. The molecular formula is C17H20BrNO8S. The highest BCUT2D eigenvalue weighted by Gasteiger charge is 2.39. The minimum absolute atomic E-state index is 0.0250. The molecule has 0 aliphatic carbocycles. The first-order valence-corrected chi connectivity index (χ1v) is 10.5. The van der Waals surface area contributed by atoms with Gasteiger partial charge in [-0.25, -0.2) is 8.42 Å². The largest absolute Gasteiger partial charge is 0.468 e. The molecule has 0 bridgehead atoms. The molecule has 9 nitrogen and oxygen atoms in total. The lowest BCUT2D eigenvalue weighted by Crippen LogP contribution is -2.37. The number of esters is 2. The maximum atomic E-state index is 12.8. The summed E-state index contributed by atoms with van der Waals surface area (Å²) in [6.45, 7) is 0.130. The van der Waals surface area contributed by atoms with E-state index in [0.717, 1.165) is 23.2 Å². The smallest absolute Gasteiger partial charge is 0.320 e. The molecule has 0 N–H and O–H groups in total. The zero-order valence-electron chi connectivity index (χ0n) is 15.3. The van der Waals surface area contributed by atoms with Crippen LogP contribution < -0.4 is 0 Å². The van der Waals surface area contributed by atoms with Gasteiger partial charge in [0.25, 0.3) is 10.0 Å². The second-order valence-corrected chi connectivity index (χ2v) is 8.73. The summed E-state index contributed by atoms with van der Waals surface area (Å²) in [7, 11) is -1.77. The van der Waals surface area contributed by atoms with Crippen molar-refractivity contribution in [1.29, 1.82) is 0 Å². The van der Waals surface area contributed by atoms with Crippen LogP contribution in [0.3, 0.4) is 0 Å². The Hall–Kier alpha value is -1.82. The minimum Gasteiger partial charge on any atom is -0.468 e. The van der Waals surface area contributed by atoms with E-state index in [4.69, 9.17) is 4.84 Å². The lowest BCUT2D eigenvalue weighted by atomic mass is 9.98. The molecule has 1 atom stereocenters. The molecule has 1 unspecified atom stereocenters. The standard InChI is InChI=1S/C17H20BrNO8S/c1-25-16(21)15(17(22)26-2)10-13(20)9-12-7-8-27-19(12)28(23,24)14-5-3-11(18)4-6-14/h3-6,12,15H,7-10H2,1-2H3. The third-order valence-corrected chi connectivity index (χ3v) is 6.46. The van der Waals surface area contributed by atoms with Gasteiger partial charge < -0.3 is 9.47 Å². The predicted octanol–water partition coefficient (Wildman–Crippen LogP) is 1.46. The Bertz CT molecular complexity index is 823. The zero-order valence-corrected chi connectivity index (χ0v) is 17.7. The first-order valence-electron chi connectivity index (χ1n) is 8.31. The van der Waals surface area contributed by atoms with Crippen molar-refractivity contribution >= 4 is 43.7 Å². The summed E-state index contributed by atoms with van der Waals surface area (Å²) < 4.78 is 36.2. The van der Waals surface area contributed by atoms with Crippen molar-refractivity contribution in [2.45, 2.75) is 30.2 Å². The van der Waals surface area contributed by atoms with Crippen LogP contribution in [0, 0.1) is 5.92 Å². The van der Waals surface area contributed by atoms with Crippen molar-refractivity contribution in [3.63, 3.8) is 0 Å². The minimum atomic E-state index is -3.97. The molecule has 0 spiro atoms. The van der Waals surface area contributed by atoms with Crippen LogP contribution in [0.1, 0.15) is 19.3 Å². The molecule has 0 saturated carbocycles. The van der Waals surface area contributed by atoms with Crippen molar-refractivity contribution in [1.82, 2.24) is 4.47 Å². The Morgan fingerprint density at radius 1 is 1.18 bits per heavy atom. The molecule has 1 heterocycles. The van der Waals surface area contributed by atoms with Gasteiger partial charge in [-0.05, 0) is 30.7 Å². The van der Waals surface area contributed by atoms with Gasteiger partial charge >= 0.3 is 11.9 Å². The molecular weight excluding hydrogens is 458 g/mol. The van der Waals surface area contributed by atoms with Gasteiger partial charge in [-0.3, -0.25) is 19.2 Å². The van der Waals surface area contributed by atoms with Crippen LogP contribution in [0.15, 0.2) is 33.6 Å². The molecule has 11 heteroatoms. The molecule has 1 aromatic carbocycles. The van der Waals surface area contributed by atoms with E-state index < -0.39 is 46.1 Å². The Labute approximate surface area is 171 Å². The lowest BCUT2D eigenvalue weighted by Gasteiger charge is -2.22. The van der Waals surface area contributed by atoms with Gasteiger partial charge in [0.1, 0.15) is 5.78 Å². The highest BCUT2D eigenvalue weighted by atomic mass is 79.9. The maximum Gasteiger partial charge on any atom is 0.320 e. The van der Waals surface area contributed by atoms with Crippen LogP contribution in [0.4, 0.5) is 0 Å². The van der Waals surface area contributed by atoms with E-state index in [9.17, 15) is 22.8 Å². The Morgan fingerprint density at radius 2 is 1.75 bits per heavy atom. The topological polar surface area (TPSA) is 116 Å². The van der Waals surface area contributed by atoms with Gasteiger partial charge in [-0.1, -0.05) is 20.4 Å². The molecule has 0 aromatic heterocycles. The monoisotopic (exact) mass is 477 g/mol. The Kier molecular flexibility index (Phi) is 7.70. The number of ether oxygens (including phenoxy) is 2. The lowest BCUT2D eigenvalue weighted by molar-refractivity contribution is -0.160. The zero-order chi connectivity index (χ0) is 20.9. The van der Waals surface area contributed by atoms with E-state index in [2.05, 4.69) is 25.4 Å². The highest BCUT2D eigenvalue weighted by Crippen LogP contribution is 2.28. The summed E-state index contributed by atoms with van der Waals surface area (Å²) in [5.74, 6) is -3.64. The number of methoxy groups -OCH3 is 2. The number of ketones is 1. The fourth-order valence-corrected chi connectivity index (χ4v) is 4.50. The molecule has 1 saturated heterocycles. The second-order valence-electron chi connectivity index (χ2n) is 6.04. The van der Waals surface area contributed by atoms with Gasteiger partial charge in [-0.15, -0.1) is 0 Å². The number of hydrogen-bond donors (Lipinski definition) is 0. The number of benzene rings is 1. The second kappa shape index (κ2) is 9.59. The van der Waals surface area contributed by atoms with Crippen molar-refractivity contribution in [2.24, 2.45) is 5.92 Å². The van der Waals surface area contributed by atoms with E-state index in [0.29, 0.717) is 6.42 Å². The number of hydrogen-bond acceptors (Lipinski definition) is 8. The predicted molar refractivity (Wildman–Crippen MR) is 99.3 cm³/mol. The molecule has 0 radical (unpaired) electrons. The fraction of sp³-hybridized carbons (Fsp3) is 0.471. The van der Waals surface area contributed by atoms with Gasteiger partial charge in [0.15, 0.2) is 5.92 Å². The van der Waals surface area contributed by atoms with Gasteiger partial charge in [0.05, 0.1) is 31.8 Å². The third kappa shape index (κ3) is 5.16. The number of rotatable bonds is 8. The maximum absolute atomic E-state index is 12.8. The van der Waals surface area contributed by atoms with Gasteiger partial charge in [0, 0.05) is 17.3 Å². The Balaban J connectivity index is 2.12. The molecule has 1 aromatic rings. The number of hydroxylamine groups is 1. The molecule has 1 aliphatic rings. The van der Waals surface area contributed by atoms with Crippen LogP contribution in [-0.4, -0.2) is 57.5 Å². The first kappa shape index (κ1) is 22.5. The molecule has 154 valence electrons. The van der Waals surface area contributed by atoms with E-state index in [1.165, 1.54) is 12.1 Å². The van der Waals surface area contributed by atoms with E-state index in [1.54, 1.807) is 12.1 Å². The summed E-state index contributed by atoms with van der Waals surface area (Å²) in [5.41, 5.74) is 0. The van der Waals surface area contributed by atoms with Gasteiger partial charge in [0.2, 0.25) is 0 Å². The van der Waals surface area contributed by atoms with Crippen molar-refractivity contribution in [3.05, 3.63) is 28.7 Å². The van der Waals surface area contributed by atoms with E-state index in [-0.39, 0.29) is 17.9 Å². The van der Waals surface area contributed by atoms with Crippen LogP contribution in [-0.2, 0) is 38.7 Å².